The van der Waals surface area contributed by atoms with E-state index in [-0.39, 0.29) is 11.9 Å². The van der Waals surface area contributed by atoms with Gasteiger partial charge in [0.2, 0.25) is 5.75 Å². The van der Waals surface area contributed by atoms with E-state index in [1.54, 1.807) is 12.1 Å². The lowest BCUT2D eigenvalue weighted by molar-refractivity contribution is 0.0669. The Morgan fingerprint density at radius 3 is 2.38 bits per heavy atom. The molecule has 0 saturated heterocycles. The number of aliphatic hydroxyl groups is 1. The average Bonchev–Trinajstić information content (AvgIpc) is 2.68. The fourth-order valence-electron chi connectivity index (χ4n) is 3.48. The second-order valence-electron chi connectivity index (χ2n) is 6.34. The van der Waals surface area contributed by atoms with E-state index in [4.69, 9.17) is 14.2 Å². The van der Waals surface area contributed by atoms with Crippen molar-refractivity contribution in [2.45, 2.75) is 18.6 Å². The second-order valence-corrected chi connectivity index (χ2v) is 6.34. The number of ether oxygens (including phenoxy) is 3. The van der Waals surface area contributed by atoms with Crippen LogP contribution in [0.15, 0.2) is 48.5 Å². The lowest BCUT2D eigenvalue weighted by Crippen LogP contribution is -2.19. The summed E-state index contributed by atoms with van der Waals surface area (Å²) >= 11 is 0. The highest BCUT2D eigenvalue weighted by molar-refractivity contribution is 5.90. The average molecular weight is 352 g/mol. The normalized spacial score (nSPS) is 18.9. The van der Waals surface area contributed by atoms with E-state index in [0.717, 1.165) is 21.9 Å². The molecule has 0 fully saturated rings. The molecule has 0 saturated carbocycles. The number of fused-ring (bicyclic) bond motifs is 3. The maximum Gasteiger partial charge on any atom is 0.200 e. The zero-order chi connectivity index (χ0) is 18.3. The molecule has 1 aliphatic heterocycles. The number of rotatable bonds is 3. The van der Waals surface area contributed by atoms with Gasteiger partial charge in [-0.1, -0.05) is 36.4 Å². The van der Waals surface area contributed by atoms with Crippen LogP contribution in [0, 0.1) is 0 Å². The third-order valence-electron chi connectivity index (χ3n) is 4.84. The van der Waals surface area contributed by atoms with Crippen molar-refractivity contribution in [1.82, 2.24) is 0 Å². The molecule has 1 aliphatic rings. The minimum absolute atomic E-state index is 0.0547. The van der Waals surface area contributed by atoms with Gasteiger partial charge in [-0.05, 0) is 17.5 Å². The molecule has 5 nitrogen and oxygen atoms in total. The van der Waals surface area contributed by atoms with Crippen LogP contribution in [0.25, 0.3) is 10.8 Å². The number of phenolic OH excluding ortho intramolecular Hbond substituents is 1. The van der Waals surface area contributed by atoms with Crippen LogP contribution in [0.2, 0.25) is 0 Å². The van der Waals surface area contributed by atoms with E-state index in [1.807, 2.05) is 36.4 Å². The molecule has 0 spiro atoms. The van der Waals surface area contributed by atoms with Crippen molar-refractivity contribution in [3.05, 3.63) is 59.7 Å². The summed E-state index contributed by atoms with van der Waals surface area (Å²) in [4.78, 5) is 0. The van der Waals surface area contributed by atoms with Crippen molar-refractivity contribution >= 4 is 10.8 Å². The summed E-state index contributed by atoms with van der Waals surface area (Å²) in [5.74, 6) is 1.25. The highest BCUT2D eigenvalue weighted by Crippen LogP contribution is 2.47. The lowest BCUT2D eigenvalue weighted by Gasteiger charge is -2.31. The fraction of sp³-hybridized carbons (Fsp3) is 0.238. The third-order valence-corrected chi connectivity index (χ3v) is 4.84. The molecule has 26 heavy (non-hydrogen) atoms. The predicted octanol–water partition coefficient (Wildman–Crippen LogP) is 4.12. The maximum atomic E-state index is 10.7. The topological polar surface area (TPSA) is 68.2 Å². The van der Waals surface area contributed by atoms with Crippen molar-refractivity contribution in [2.75, 3.05) is 14.2 Å². The molecule has 4 rings (SSSR count). The van der Waals surface area contributed by atoms with Crippen molar-refractivity contribution < 1.29 is 24.4 Å². The summed E-state index contributed by atoms with van der Waals surface area (Å²) < 4.78 is 16.8. The Kier molecular flexibility index (Phi) is 4.09. The van der Waals surface area contributed by atoms with Crippen molar-refractivity contribution in [2.24, 2.45) is 0 Å². The van der Waals surface area contributed by atoms with E-state index >= 15 is 0 Å². The summed E-state index contributed by atoms with van der Waals surface area (Å²) in [7, 11) is 2.97. The van der Waals surface area contributed by atoms with Gasteiger partial charge in [0.1, 0.15) is 11.9 Å². The standard InChI is InChI=1S/C21H20O5/c1-24-18-9-13(10-19(25-2)20(18)23)17-11-16(22)15-8-7-12-5-3-4-6-14(12)21(15)26-17/h3-10,16-17,22-23H,11H2,1-2H3/t16?,17-/m0/s1. The molecule has 1 heterocycles. The Bertz CT molecular complexity index is 941. The molecule has 0 aromatic heterocycles. The monoisotopic (exact) mass is 352 g/mol. The minimum atomic E-state index is -0.640. The number of aromatic hydroxyl groups is 1. The smallest absolute Gasteiger partial charge is 0.200 e. The minimum Gasteiger partial charge on any atom is -0.502 e. The number of aliphatic hydroxyl groups excluding tert-OH is 1. The van der Waals surface area contributed by atoms with E-state index in [9.17, 15) is 10.2 Å². The molecule has 3 aromatic rings. The predicted molar refractivity (Wildman–Crippen MR) is 98.1 cm³/mol. The van der Waals surface area contributed by atoms with E-state index < -0.39 is 6.10 Å². The molecule has 1 unspecified atom stereocenters. The van der Waals surface area contributed by atoms with Gasteiger partial charge >= 0.3 is 0 Å². The van der Waals surface area contributed by atoms with E-state index in [2.05, 4.69) is 0 Å². The Morgan fingerprint density at radius 1 is 1.00 bits per heavy atom. The van der Waals surface area contributed by atoms with E-state index in [1.165, 1.54) is 14.2 Å². The zero-order valence-electron chi connectivity index (χ0n) is 14.6. The first-order valence-electron chi connectivity index (χ1n) is 8.43. The van der Waals surface area contributed by atoms with Gasteiger partial charge in [-0.3, -0.25) is 0 Å². The SMILES string of the molecule is COc1cc([C@@H]2CC(O)c3ccc4ccccc4c3O2)cc(OC)c1O. The molecular formula is C21H20O5. The maximum absolute atomic E-state index is 10.7. The number of benzene rings is 3. The molecule has 0 aliphatic carbocycles. The molecule has 2 N–H and O–H groups in total. The molecule has 0 radical (unpaired) electrons. The Balaban J connectivity index is 1.81. The van der Waals surface area contributed by atoms with Crippen LogP contribution in [0.4, 0.5) is 0 Å². The first-order chi connectivity index (χ1) is 12.6. The van der Waals surface area contributed by atoms with Gasteiger partial charge in [0.15, 0.2) is 11.5 Å². The Labute approximate surface area is 151 Å². The number of methoxy groups -OCH3 is 2. The Morgan fingerprint density at radius 2 is 1.69 bits per heavy atom. The van der Waals surface area contributed by atoms with Crippen molar-refractivity contribution in [3.63, 3.8) is 0 Å². The van der Waals surface area contributed by atoms with Gasteiger partial charge in [0.25, 0.3) is 0 Å². The van der Waals surface area contributed by atoms with Crippen molar-refractivity contribution in [1.29, 1.82) is 0 Å². The summed E-state index contributed by atoms with van der Waals surface area (Å²) in [6, 6.07) is 15.3. The fourth-order valence-corrected chi connectivity index (χ4v) is 3.48. The van der Waals surface area contributed by atoms with Gasteiger partial charge in [-0.15, -0.1) is 0 Å². The summed E-state index contributed by atoms with van der Waals surface area (Å²) in [5.41, 5.74) is 1.56. The third kappa shape index (κ3) is 2.61. The van der Waals surface area contributed by atoms with Crippen molar-refractivity contribution in [3.8, 4) is 23.0 Å². The molecule has 134 valence electrons. The second kappa shape index (κ2) is 6.42. The lowest BCUT2D eigenvalue weighted by atomic mass is 9.92. The molecular weight excluding hydrogens is 332 g/mol. The number of hydrogen-bond donors (Lipinski definition) is 2. The first-order valence-corrected chi connectivity index (χ1v) is 8.43. The molecule has 3 aromatic carbocycles. The van der Waals surface area contributed by atoms with Gasteiger partial charge in [-0.25, -0.2) is 0 Å². The van der Waals surface area contributed by atoms with Crippen LogP contribution in [0.3, 0.4) is 0 Å². The summed E-state index contributed by atoms with van der Waals surface area (Å²) in [5, 5.41) is 22.8. The number of hydrogen-bond acceptors (Lipinski definition) is 5. The largest absolute Gasteiger partial charge is 0.502 e. The summed E-state index contributed by atoms with van der Waals surface area (Å²) in [6.07, 6.45) is -0.617. The van der Waals surface area contributed by atoms with Gasteiger partial charge in [0.05, 0.1) is 20.3 Å². The van der Waals surface area contributed by atoms with Crippen LogP contribution in [-0.4, -0.2) is 24.4 Å². The highest BCUT2D eigenvalue weighted by atomic mass is 16.5. The quantitative estimate of drug-likeness (QED) is 0.742. The van der Waals surface area contributed by atoms with Gasteiger partial charge < -0.3 is 24.4 Å². The van der Waals surface area contributed by atoms with Crippen LogP contribution >= 0.6 is 0 Å². The highest BCUT2D eigenvalue weighted by Gasteiger charge is 2.30. The van der Waals surface area contributed by atoms with Crippen LogP contribution in [0.1, 0.15) is 29.8 Å². The van der Waals surface area contributed by atoms with Gasteiger partial charge in [0, 0.05) is 22.9 Å². The molecule has 5 heteroatoms. The number of phenols is 1. The van der Waals surface area contributed by atoms with Crippen LogP contribution in [0.5, 0.6) is 23.0 Å². The van der Waals surface area contributed by atoms with Gasteiger partial charge in [-0.2, -0.15) is 0 Å². The first kappa shape index (κ1) is 16.5. The Hall–Kier alpha value is -2.92. The molecule has 2 atom stereocenters. The molecule has 0 amide bonds. The van der Waals surface area contributed by atoms with Crippen LogP contribution < -0.4 is 14.2 Å². The zero-order valence-corrected chi connectivity index (χ0v) is 14.6. The van der Waals surface area contributed by atoms with E-state index in [0.29, 0.717) is 23.7 Å². The summed E-state index contributed by atoms with van der Waals surface area (Å²) in [6.45, 7) is 0. The van der Waals surface area contributed by atoms with Crippen LogP contribution in [-0.2, 0) is 0 Å². The molecule has 0 bridgehead atoms.